The molecule has 0 bridgehead atoms. The standard InChI is InChI=1S/C23H23ClN4OS2/c1-16-4-3-5-18(12-16)22-26-27-23(28(22)10-11-29-2)31-15-20-14-30-21(25-20)13-17-6-8-19(24)9-7-17/h3-9,12,14H,10-11,13,15H2,1-2H3. The quantitative estimate of drug-likeness (QED) is 0.285. The van der Waals surface area contributed by atoms with Crippen LogP contribution in [0.3, 0.4) is 0 Å². The zero-order valence-electron chi connectivity index (χ0n) is 17.4. The summed E-state index contributed by atoms with van der Waals surface area (Å²) in [4.78, 5) is 4.79. The molecule has 0 radical (unpaired) electrons. The molecule has 2 aromatic heterocycles. The van der Waals surface area contributed by atoms with Crippen molar-refractivity contribution in [3.63, 3.8) is 0 Å². The van der Waals surface area contributed by atoms with E-state index in [-0.39, 0.29) is 0 Å². The molecule has 2 heterocycles. The van der Waals surface area contributed by atoms with Crippen LogP contribution in [-0.2, 0) is 23.5 Å². The fourth-order valence-corrected chi connectivity index (χ4v) is 5.11. The van der Waals surface area contributed by atoms with Crippen molar-refractivity contribution in [2.45, 2.75) is 30.8 Å². The Morgan fingerprint density at radius 1 is 1.13 bits per heavy atom. The molecule has 31 heavy (non-hydrogen) atoms. The lowest BCUT2D eigenvalue weighted by atomic mass is 10.1. The second-order valence-corrected chi connectivity index (χ2v) is 9.47. The molecule has 0 aliphatic carbocycles. The normalized spacial score (nSPS) is 11.2. The molecule has 0 spiro atoms. The van der Waals surface area contributed by atoms with Gasteiger partial charge in [0.1, 0.15) is 0 Å². The summed E-state index contributed by atoms with van der Waals surface area (Å²) >= 11 is 9.31. The predicted molar refractivity (Wildman–Crippen MR) is 128 cm³/mol. The van der Waals surface area contributed by atoms with Crippen LogP contribution in [0, 0.1) is 6.92 Å². The Morgan fingerprint density at radius 3 is 2.74 bits per heavy atom. The van der Waals surface area contributed by atoms with Crippen molar-refractivity contribution in [3.8, 4) is 11.4 Å². The molecule has 2 aromatic carbocycles. The molecule has 0 saturated heterocycles. The minimum absolute atomic E-state index is 0.604. The summed E-state index contributed by atoms with van der Waals surface area (Å²) in [5.41, 5.74) is 4.52. The van der Waals surface area contributed by atoms with Gasteiger partial charge in [-0.15, -0.1) is 21.5 Å². The lowest BCUT2D eigenvalue weighted by Gasteiger charge is -2.09. The molecule has 0 unspecified atom stereocenters. The third-order valence-corrected chi connectivity index (χ3v) is 6.88. The second kappa shape index (κ2) is 10.4. The first kappa shape index (κ1) is 22.0. The first-order valence-electron chi connectivity index (χ1n) is 9.92. The van der Waals surface area contributed by atoms with Crippen molar-refractivity contribution in [2.24, 2.45) is 0 Å². The van der Waals surface area contributed by atoms with Gasteiger partial charge in [0.25, 0.3) is 0 Å². The lowest BCUT2D eigenvalue weighted by molar-refractivity contribution is 0.185. The summed E-state index contributed by atoms with van der Waals surface area (Å²) in [6.45, 7) is 3.39. The number of nitrogens with zero attached hydrogens (tertiary/aromatic N) is 4. The predicted octanol–water partition coefficient (Wildman–Crippen LogP) is 5.89. The Kier molecular flexibility index (Phi) is 7.40. The zero-order chi connectivity index (χ0) is 21.6. The van der Waals surface area contributed by atoms with E-state index in [1.54, 1.807) is 30.2 Å². The van der Waals surface area contributed by atoms with Crippen LogP contribution in [0.25, 0.3) is 11.4 Å². The highest BCUT2D eigenvalue weighted by atomic mass is 35.5. The minimum atomic E-state index is 0.604. The SMILES string of the molecule is COCCn1c(SCc2csc(Cc3ccc(Cl)cc3)n2)nnc1-c1cccc(C)c1. The van der Waals surface area contributed by atoms with Gasteiger partial charge in [-0.1, -0.05) is 59.3 Å². The van der Waals surface area contributed by atoms with Gasteiger partial charge < -0.3 is 4.74 Å². The molecule has 8 heteroatoms. The van der Waals surface area contributed by atoms with Crippen molar-refractivity contribution in [1.29, 1.82) is 0 Å². The van der Waals surface area contributed by atoms with Gasteiger partial charge in [-0.3, -0.25) is 4.57 Å². The van der Waals surface area contributed by atoms with Crippen LogP contribution in [0.4, 0.5) is 0 Å². The van der Waals surface area contributed by atoms with Gasteiger partial charge in [-0.25, -0.2) is 4.98 Å². The van der Waals surface area contributed by atoms with Gasteiger partial charge in [0, 0.05) is 35.2 Å². The van der Waals surface area contributed by atoms with E-state index in [1.807, 2.05) is 30.3 Å². The molecule has 0 atom stereocenters. The van der Waals surface area contributed by atoms with Gasteiger partial charge >= 0.3 is 0 Å². The summed E-state index contributed by atoms with van der Waals surface area (Å²) in [6.07, 6.45) is 0.814. The summed E-state index contributed by atoms with van der Waals surface area (Å²) < 4.78 is 7.44. The smallest absolute Gasteiger partial charge is 0.191 e. The molecule has 0 aliphatic rings. The molecule has 4 rings (SSSR count). The molecule has 0 amide bonds. The molecule has 0 aliphatic heterocycles. The summed E-state index contributed by atoms with van der Waals surface area (Å²) in [5.74, 6) is 1.61. The van der Waals surface area contributed by atoms with E-state index < -0.39 is 0 Å². The van der Waals surface area contributed by atoms with Crippen molar-refractivity contribution in [3.05, 3.63) is 80.8 Å². The third kappa shape index (κ3) is 5.74. The van der Waals surface area contributed by atoms with E-state index in [0.717, 1.165) is 44.4 Å². The van der Waals surface area contributed by atoms with Crippen molar-refractivity contribution < 1.29 is 4.74 Å². The van der Waals surface area contributed by atoms with Crippen LogP contribution in [0.5, 0.6) is 0 Å². The Bertz CT molecular complexity index is 1140. The lowest BCUT2D eigenvalue weighted by Crippen LogP contribution is -2.07. The van der Waals surface area contributed by atoms with Crippen molar-refractivity contribution in [1.82, 2.24) is 19.7 Å². The third-order valence-electron chi connectivity index (χ3n) is 4.73. The number of aromatic nitrogens is 4. The molecule has 4 aromatic rings. The topological polar surface area (TPSA) is 52.8 Å². The first-order valence-corrected chi connectivity index (χ1v) is 12.2. The van der Waals surface area contributed by atoms with E-state index in [0.29, 0.717) is 13.2 Å². The van der Waals surface area contributed by atoms with Crippen LogP contribution in [0.2, 0.25) is 5.02 Å². The first-order chi connectivity index (χ1) is 15.1. The number of methoxy groups -OCH3 is 1. The maximum absolute atomic E-state index is 5.97. The van der Waals surface area contributed by atoms with Crippen molar-refractivity contribution in [2.75, 3.05) is 13.7 Å². The highest BCUT2D eigenvalue weighted by Gasteiger charge is 2.15. The molecule has 0 saturated carbocycles. The molecular formula is C23H23ClN4OS2. The summed E-state index contributed by atoms with van der Waals surface area (Å²) in [7, 11) is 1.71. The van der Waals surface area contributed by atoms with Gasteiger partial charge in [0.15, 0.2) is 11.0 Å². The van der Waals surface area contributed by atoms with Gasteiger partial charge in [-0.05, 0) is 30.7 Å². The largest absolute Gasteiger partial charge is 0.383 e. The number of aryl methyl sites for hydroxylation is 1. The van der Waals surface area contributed by atoms with Crippen LogP contribution in [-0.4, -0.2) is 33.5 Å². The second-order valence-electron chi connectivity index (χ2n) is 7.14. The van der Waals surface area contributed by atoms with Crippen LogP contribution < -0.4 is 0 Å². The maximum Gasteiger partial charge on any atom is 0.191 e. The van der Waals surface area contributed by atoms with Crippen LogP contribution >= 0.6 is 34.7 Å². The number of benzene rings is 2. The number of thioether (sulfide) groups is 1. The maximum atomic E-state index is 5.97. The average Bonchev–Trinajstić information content (AvgIpc) is 3.39. The fourth-order valence-electron chi connectivity index (χ4n) is 3.19. The minimum Gasteiger partial charge on any atom is -0.383 e. The highest BCUT2D eigenvalue weighted by molar-refractivity contribution is 7.98. The highest BCUT2D eigenvalue weighted by Crippen LogP contribution is 2.28. The Labute approximate surface area is 195 Å². The number of hydrogen-bond acceptors (Lipinski definition) is 6. The van der Waals surface area contributed by atoms with E-state index in [1.165, 1.54) is 11.1 Å². The van der Waals surface area contributed by atoms with E-state index >= 15 is 0 Å². The van der Waals surface area contributed by atoms with Gasteiger partial charge in [0.2, 0.25) is 0 Å². The molecule has 160 valence electrons. The number of thiazole rings is 1. The number of rotatable bonds is 9. The van der Waals surface area contributed by atoms with E-state index in [9.17, 15) is 0 Å². The Hall–Kier alpha value is -2.19. The van der Waals surface area contributed by atoms with Crippen LogP contribution in [0.15, 0.2) is 59.1 Å². The number of hydrogen-bond donors (Lipinski definition) is 0. The molecule has 5 nitrogen and oxygen atoms in total. The van der Waals surface area contributed by atoms with E-state index in [2.05, 4.69) is 45.3 Å². The average molecular weight is 471 g/mol. The van der Waals surface area contributed by atoms with Gasteiger partial charge in [0.05, 0.1) is 23.9 Å². The van der Waals surface area contributed by atoms with Crippen molar-refractivity contribution >= 4 is 34.7 Å². The number of ether oxygens (including phenoxy) is 1. The Morgan fingerprint density at radius 2 is 1.97 bits per heavy atom. The molecule has 0 fully saturated rings. The summed E-state index contributed by atoms with van der Waals surface area (Å²) in [5, 5.41) is 13.8. The molecule has 0 N–H and O–H groups in total. The fraction of sp³-hybridized carbons (Fsp3) is 0.261. The molecular weight excluding hydrogens is 448 g/mol. The van der Waals surface area contributed by atoms with Crippen LogP contribution in [0.1, 0.15) is 21.8 Å². The van der Waals surface area contributed by atoms with Gasteiger partial charge in [-0.2, -0.15) is 0 Å². The Balaban J connectivity index is 1.47. The number of halogens is 1. The zero-order valence-corrected chi connectivity index (χ0v) is 19.8. The summed E-state index contributed by atoms with van der Waals surface area (Å²) in [6, 6.07) is 16.2. The monoisotopic (exact) mass is 470 g/mol. The van der Waals surface area contributed by atoms with E-state index in [4.69, 9.17) is 21.3 Å².